The Kier molecular flexibility index (Phi) is 3.93. The van der Waals surface area contributed by atoms with Crippen molar-refractivity contribution in [1.82, 2.24) is 24.4 Å². The Labute approximate surface area is 128 Å². The number of likely N-dealkylation sites (N-methyl/N-ethyl adjacent to an activating group) is 1. The van der Waals surface area contributed by atoms with Crippen molar-refractivity contribution in [3.05, 3.63) is 28.7 Å². The van der Waals surface area contributed by atoms with E-state index in [0.717, 1.165) is 26.2 Å². The van der Waals surface area contributed by atoms with Gasteiger partial charge >= 0.3 is 0 Å². The van der Waals surface area contributed by atoms with Crippen LogP contribution in [0.25, 0.3) is 5.65 Å². The molecule has 0 atom stereocenters. The number of aryl methyl sites for hydroxylation is 1. The fourth-order valence-corrected chi connectivity index (χ4v) is 2.76. The van der Waals surface area contributed by atoms with E-state index in [9.17, 15) is 4.79 Å². The van der Waals surface area contributed by atoms with Gasteiger partial charge in [-0.1, -0.05) is 11.6 Å². The summed E-state index contributed by atoms with van der Waals surface area (Å²) in [5, 5.41) is 4.55. The molecule has 1 aliphatic heterocycles. The molecule has 0 unspecified atom stereocenters. The van der Waals surface area contributed by atoms with Crippen molar-refractivity contribution in [2.45, 2.75) is 6.92 Å². The maximum absolute atomic E-state index is 12.6. The van der Waals surface area contributed by atoms with Gasteiger partial charge in [0.25, 0.3) is 0 Å². The van der Waals surface area contributed by atoms with Gasteiger partial charge in [-0.3, -0.25) is 9.69 Å². The lowest BCUT2D eigenvalue weighted by Gasteiger charge is -2.31. The van der Waals surface area contributed by atoms with Crippen molar-refractivity contribution in [3.8, 4) is 0 Å². The summed E-state index contributed by atoms with van der Waals surface area (Å²) in [4.78, 5) is 21.4. The van der Waals surface area contributed by atoms with Crippen molar-refractivity contribution >= 4 is 23.0 Å². The van der Waals surface area contributed by atoms with Crippen molar-refractivity contribution in [1.29, 1.82) is 0 Å². The largest absolute Gasteiger partial charge is 0.304 e. The van der Waals surface area contributed by atoms with Crippen LogP contribution in [-0.2, 0) is 0 Å². The molecule has 0 N–H and O–H groups in total. The normalized spacial score (nSPS) is 17.5. The fraction of sp³-hybridized carbons (Fsp3) is 0.500. The zero-order valence-corrected chi connectivity index (χ0v) is 13.0. The molecule has 0 aliphatic carbocycles. The highest BCUT2D eigenvalue weighted by Crippen LogP contribution is 2.14. The molecule has 0 bridgehead atoms. The lowest BCUT2D eigenvalue weighted by atomic mass is 10.2. The van der Waals surface area contributed by atoms with Crippen molar-refractivity contribution in [2.75, 3.05) is 39.8 Å². The Morgan fingerprint density at radius 2 is 2.00 bits per heavy atom. The molecule has 3 heterocycles. The summed E-state index contributed by atoms with van der Waals surface area (Å²) >= 11 is 5.93. The van der Waals surface area contributed by atoms with Gasteiger partial charge in [-0.2, -0.15) is 5.10 Å². The molecule has 1 saturated heterocycles. The van der Waals surface area contributed by atoms with E-state index in [1.54, 1.807) is 16.6 Å². The van der Waals surface area contributed by atoms with Crippen LogP contribution >= 0.6 is 11.6 Å². The second-order valence-corrected chi connectivity index (χ2v) is 5.86. The number of nitrogens with zero attached hydrogens (tertiary/aromatic N) is 5. The molecule has 21 heavy (non-hydrogen) atoms. The van der Waals surface area contributed by atoms with Crippen molar-refractivity contribution < 1.29 is 4.79 Å². The number of rotatable bonds is 3. The Hall–Kier alpha value is -1.50. The summed E-state index contributed by atoms with van der Waals surface area (Å²) in [7, 11) is 2.10. The van der Waals surface area contributed by atoms with Gasteiger partial charge in [0.2, 0.25) is 0 Å². The van der Waals surface area contributed by atoms with Crippen LogP contribution in [0.15, 0.2) is 12.1 Å². The number of Topliss-reactive ketones (excluding diaryl/α,β-unsaturated/α-hetero) is 1. The minimum Gasteiger partial charge on any atom is -0.304 e. The molecule has 2 aromatic heterocycles. The molecular weight excluding hydrogens is 290 g/mol. The van der Waals surface area contributed by atoms with E-state index in [-0.39, 0.29) is 5.78 Å². The highest BCUT2D eigenvalue weighted by Gasteiger charge is 2.22. The zero-order valence-electron chi connectivity index (χ0n) is 12.2. The predicted molar refractivity (Wildman–Crippen MR) is 81.0 cm³/mol. The summed E-state index contributed by atoms with van der Waals surface area (Å²) in [6, 6.07) is 3.45. The lowest BCUT2D eigenvalue weighted by Crippen LogP contribution is -2.46. The molecular formula is C14H18ClN5O. The van der Waals surface area contributed by atoms with Crippen LogP contribution in [0.1, 0.15) is 16.2 Å². The Bertz CT molecular complexity index is 675. The second kappa shape index (κ2) is 5.71. The van der Waals surface area contributed by atoms with Gasteiger partial charge in [-0.25, -0.2) is 9.50 Å². The molecule has 3 rings (SSSR count). The molecule has 6 nitrogen and oxygen atoms in total. The van der Waals surface area contributed by atoms with Crippen molar-refractivity contribution in [2.24, 2.45) is 0 Å². The summed E-state index contributed by atoms with van der Waals surface area (Å²) in [6.45, 7) is 6.03. The SMILES string of the molecule is Cc1nc2ccc(Cl)nn2c1C(=O)CN1CCN(C)CC1. The molecule has 0 spiro atoms. The average Bonchev–Trinajstić information content (AvgIpc) is 2.76. The third-order valence-corrected chi connectivity index (χ3v) is 4.05. The van der Waals surface area contributed by atoms with Crippen LogP contribution in [0.3, 0.4) is 0 Å². The van der Waals surface area contributed by atoms with E-state index >= 15 is 0 Å². The predicted octanol–water partition coefficient (Wildman–Crippen LogP) is 1.12. The van der Waals surface area contributed by atoms with Crippen LogP contribution in [0.4, 0.5) is 0 Å². The smallest absolute Gasteiger partial charge is 0.197 e. The summed E-state index contributed by atoms with van der Waals surface area (Å²) in [6.07, 6.45) is 0. The number of hydrogen-bond acceptors (Lipinski definition) is 5. The first-order chi connectivity index (χ1) is 10.0. The van der Waals surface area contributed by atoms with Gasteiger partial charge in [0.15, 0.2) is 11.4 Å². The first kappa shape index (κ1) is 14.4. The molecule has 0 aromatic carbocycles. The first-order valence-electron chi connectivity index (χ1n) is 7.00. The lowest BCUT2D eigenvalue weighted by molar-refractivity contribution is 0.0869. The summed E-state index contributed by atoms with van der Waals surface area (Å²) in [5.41, 5.74) is 1.88. The molecule has 1 fully saturated rings. The topological polar surface area (TPSA) is 53.7 Å². The number of halogens is 1. The van der Waals surface area contributed by atoms with E-state index < -0.39 is 0 Å². The number of ketones is 1. The molecule has 2 aromatic rings. The van der Waals surface area contributed by atoms with Gasteiger partial charge < -0.3 is 4.90 Å². The molecule has 0 saturated carbocycles. The molecule has 7 heteroatoms. The number of carbonyl (C=O) groups is 1. The van der Waals surface area contributed by atoms with E-state index in [4.69, 9.17) is 11.6 Å². The van der Waals surface area contributed by atoms with Gasteiger partial charge in [0, 0.05) is 26.2 Å². The van der Waals surface area contributed by atoms with Crippen LogP contribution in [0.2, 0.25) is 5.15 Å². The number of fused-ring (bicyclic) bond motifs is 1. The Morgan fingerprint density at radius 1 is 1.29 bits per heavy atom. The van der Waals surface area contributed by atoms with Crippen LogP contribution in [-0.4, -0.2) is 70.0 Å². The van der Waals surface area contributed by atoms with E-state index in [0.29, 0.717) is 28.7 Å². The molecule has 0 amide bonds. The van der Waals surface area contributed by atoms with Gasteiger partial charge in [-0.15, -0.1) is 0 Å². The van der Waals surface area contributed by atoms with Crippen molar-refractivity contribution in [3.63, 3.8) is 0 Å². The Morgan fingerprint density at radius 3 is 2.71 bits per heavy atom. The summed E-state index contributed by atoms with van der Waals surface area (Å²) in [5.74, 6) is 0.0410. The number of hydrogen-bond donors (Lipinski definition) is 0. The van der Waals surface area contributed by atoms with Crippen LogP contribution in [0, 0.1) is 6.92 Å². The third-order valence-electron chi connectivity index (χ3n) is 3.85. The van der Waals surface area contributed by atoms with Gasteiger partial charge in [-0.05, 0) is 26.1 Å². The third kappa shape index (κ3) is 2.92. The molecule has 112 valence electrons. The zero-order chi connectivity index (χ0) is 15.0. The maximum Gasteiger partial charge on any atom is 0.197 e. The highest BCUT2D eigenvalue weighted by molar-refractivity contribution is 6.29. The fourth-order valence-electron chi connectivity index (χ4n) is 2.63. The number of carbonyl (C=O) groups excluding carboxylic acids is 1. The van der Waals surface area contributed by atoms with Crippen LogP contribution < -0.4 is 0 Å². The molecule has 1 aliphatic rings. The highest BCUT2D eigenvalue weighted by atomic mass is 35.5. The van der Waals surface area contributed by atoms with E-state index in [2.05, 4.69) is 26.9 Å². The second-order valence-electron chi connectivity index (χ2n) is 5.47. The quantitative estimate of drug-likeness (QED) is 0.796. The van der Waals surface area contributed by atoms with E-state index in [1.807, 2.05) is 6.92 Å². The van der Waals surface area contributed by atoms with Gasteiger partial charge in [0.05, 0.1) is 12.2 Å². The standard InChI is InChI=1S/C14H18ClN5O/c1-10-14(20-13(16-10)4-3-12(15)17-20)11(21)9-19-7-5-18(2)6-8-19/h3-4H,5-9H2,1-2H3. The minimum atomic E-state index is 0.0410. The first-order valence-corrected chi connectivity index (χ1v) is 7.38. The number of imidazole rings is 1. The number of aromatic nitrogens is 3. The van der Waals surface area contributed by atoms with E-state index in [1.165, 1.54) is 0 Å². The maximum atomic E-state index is 12.6. The molecule has 0 radical (unpaired) electrons. The van der Waals surface area contributed by atoms with Crippen LogP contribution in [0.5, 0.6) is 0 Å². The monoisotopic (exact) mass is 307 g/mol. The minimum absolute atomic E-state index is 0.0410. The summed E-state index contributed by atoms with van der Waals surface area (Å²) < 4.78 is 1.55. The number of piperazine rings is 1. The van der Waals surface area contributed by atoms with Gasteiger partial charge in [0.1, 0.15) is 10.8 Å². The average molecular weight is 308 g/mol. The Balaban J connectivity index is 1.84.